The minimum Gasteiger partial charge on any atom is -0.0654 e. The minimum absolute atomic E-state index is 0.830. The number of rotatable bonds is 3. The maximum absolute atomic E-state index is 2.43. The molecule has 4 aliphatic carbocycles. The molecule has 2 atom stereocenters. The number of hydrogen-bond donors (Lipinski definition) is 0. The van der Waals surface area contributed by atoms with E-state index in [9.17, 15) is 0 Å². The zero-order chi connectivity index (χ0) is 10.5. The fraction of sp³-hybridized carbons (Fsp3) is 1.00. The highest BCUT2D eigenvalue weighted by atomic mass is 14.6. The van der Waals surface area contributed by atoms with Crippen molar-refractivity contribution in [3.05, 3.63) is 0 Å². The highest BCUT2D eigenvalue weighted by molar-refractivity contribution is 5.04. The Hall–Kier alpha value is 0. The molecule has 86 valence electrons. The fourth-order valence-corrected chi connectivity index (χ4v) is 5.80. The van der Waals surface area contributed by atoms with Gasteiger partial charge in [-0.25, -0.2) is 0 Å². The smallest absolute Gasteiger partial charge is 0.0289 e. The van der Waals surface area contributed by atoms with Crippen molar-refractivity contribution in [3.8, 4) is 0 Å². The zero-order valence-corrected chi connectivity index (χ0v) is 10.5. The molecule has 0 aromatic carbocycles. The lowest BCUT2D eigenvalue weighted by Crippen LogP contribution is -2.50. The summed E-state index contributed by atoms with van der Waals surface area (Å²) in [6.45, 7) is 4.81. The first-order valence-corrected chi connectivity index (χ1v) is 7.26. The van der Waals surface area contributed by atoms with Crippen LogP contribution in [0.3, 0.4) is 0 Å². The summed E-state index contributed by atoms with van der Waals surface area (Å²) in [6.07, 6.45) is 12.4. The molecule has 2 unspecified atom stereocenters. The molecule has 0 nitrogen and oxygen atoms in total. The Balaban J connectivity index is 1.83. The van der Waals surface area contributed by atoms with Gasteiger partial charge in [0.2, 0.25) is 0 Å². The standard InChI is InChI=1S/C15H26/c1-3-5-15-8-11-6-12(9-15)14(4-2)13(7-11)10-15/h11-14H,3-10H2,1-2H3. The Morgan fingerprint density at radius 3 is 2.20 bits per heavy atom. The van der Waals surface area contributed by atoms with Gasteiger partial charge in [-0.15, -0.1) is 0 Å². The van der Waals surface area contributed by atoms with E-state index >= 15 is 0 Å². The van der Waals surface area contributed by atoms with Gasteiger partial charge in [-0.05, 0) is 67.6 Å². The molecule has 0 spiro atoms. The van der Waals surface area contributed by atoms with E-state index in [2.05, 4.69) is 13.8 Å². The fourth-order valence-electron chi connectivity index (χ4n) is 5.80. The molecule has 0 radical (unpaired) electrons. The summed E-state index contributed by atoms with van der Waals surface area (Å²) in [5.74, 6) is 4.52. The zero-order valence-electron chi connectivity index (χ0n) is 10.5. The van der Waals surface area contributed by atoms with Crippen LogP contribution in [0, 0.1) is 29.1 Å². The molecule has 0 saturated heterocycles. The average Bonchev–Trinajstić information content (AvgIpc) is 2.16. The average molecular weight is 206 g/mol. The van der Waals surface area contributed by atoms with Gasteiger partial charge in [0, 0.05) is 0 Å². The molecule has 0 amide bonds. The van der Waals surface area contributed by atoms with E-state index in [0.717, 1.165) is 29.1 Å². The highest BCUT2D eigenvalue weighted by Gasteiger charge is 2.53. The van der Waals surface area contributed by atoms with Crippen LogP contribution in [0.4, 0.5) is 0 Å². The van der Waals surface area contributed by atoms with Crippen LogP contribution in [0.15, 0.2) is 0 Å². The monoisotopic (exact) mass is 206 g/mol. The predicted molar refractivity (Wildman–Crippen MR) is 64.7 cm³/mol. The van der Waals surface area contributed by atoms with Crippen molar-refractivity contribution < 1.29 is 0 Å². The summed E-state index contributed by atoms with van der Waals surface area (Å²) >= 11 is 0. The first-order chi connectivity index (χ1) is 7.26. The second-order valence-electron chi connectivity index (χ2n) is 6.79. The van der Waals surface area contributed by atoms with Crippen molar-refractivity contribution in [2.75, 3.05) is 0 Å². The SMILES string of the molecule is CCCC12CC3CC(C1)C(CC)C(C3)C2. The van der Waals surface area contributed by atoms with Crippen LogP contribution in [-0.2, 0) is 0 Å². The molecule has 0 heteroatoms. The Morgan fingerprint density at radius 1 is 1.00 bits per heavy atom. The van der Waals surface area contributed by atoms with Crippen molar-refractivity contribution in [2.24, 2.45) is 29.1 Å². The summed E-state index contributed by atoms with van der Waals surface area (Å²) in [7, 11) is 0. The lowest BCUT2D eigenvalue weighted by molar-refractivity contribution is -0.0996. The van der Waals surface area contributed by atoms with Crippen LogP contribution in [0.25, 0.3) is 0 Å². The maximum atomic E-state index is 2.43. The topological polar surface area (TPSA) is 0 Å². The van der Waals surface area contributed by atoms with Crippen molar-refractivity contribution in [1.82, 2.24) is 0 Å². The first kappa shape index (κ1) is 10.2. The summed E-state index contributed by atoms with van der Waals surface area (Å²) in [5.41, 5.74) is 0.830. The maximum Gasteiger partial charge on any atom is -0.0289 e. The van der Waals surface area contributed by atoms with Gasteiger partial charge in [0.25, 0.3) is 0 Å². The van der Waals surface area contributed by atoms with E-state index in [1.54, 1.807) is 32.1 Å². The molecule has 4 aliphatic rings. The molecule has 4 saturated carbocycles. The third-order valence-corrected chi connectivity index (χ3v) is 5.85. The molecule has 0 aliphatic heterocycles. The highest BCUT2D eigenvalue weighted by Crippen LogP contribution is 2.64. The Labute approximate surface area is 94.8 Å². The van der Waals surface area contributed by atoms with E-state index in [0.29, 0.717) is 0 Å². The third kappa shape index (κ3) is 1.47. The molecule has 0 aromatic heterocycles. The van der Waals surface area contributed by atoms with Crippen molar-refractivity contribution >= 4 is 0 Å². The molecule has 15 heavy (non-hydrogen) atoms. The van der Waals surface area contributed by atoms with Gasteiger partial charge >= 0.3 is 0 Å². The van der Waals surface area contributed by atoms with Gasteiger partial charge < -0.3 is 0 Å². The van der Waals surface area contributed by atoms with E-state index in [1.807, 2.05) is 0 Å². The summed E-state index contributed by atoms with van der Waals surface area (Å²) in [6, 6.07) is 0. The minimum atomic E-state index is 0.830. The van der Waals surface area contributed by atoms with E-state index < -0.39 is 0 Å². The predicted octanol–water partition coefficient (Wildman–Crippen LogP) is 4.64. The van der Waals surface area contributed by atoms with Gasteiger partial charge in [-0.1, -0.05) is 26.7 Å². The van der Waals surface area contributed by atoms with Crippen LogP contribution in [0.5, 0.6) is 0 Å². The Morgan fingerprint density at radius 2 is 1.67 bits per heavy atom. The summed E-state index contributed by atoms with van der Waals surface area (Å²) < 4.78 is 0. The van der Waals surface area contributed by atoms with E-state index in [1.165, 1.54) is 19.3 Å². The second-order valence-corrected chi connectivity index (χ2v) is 6.79. The lowest BCUT2D eigenvalue weighted by Gasteiger charge is -2.60. The lowest BCUT2D eigenvalue weighted by atomic mass is 9.45. The Bertz CT molecular complexity index is 226. The van der Waals surface area contributed by atoms with Crippen molar-refractivity contribution in [1.29, 1.82) is 0 Å². The van der Waals surface area contributed by atoms with Crippen molar-refractivity contribution in [2.45, 2.75) is 65.2 Å². The molecule has 4 fully saturated rings. The molecule has 0 heterocycles. The molecule has 0 aromatic rings. The quantitative estimate of drug-likeness (QED) is 0.631. The summed E-state index contributed by atoms with van der Waals surface area (Å²) in [4.78, 5) is 0. The van der Waals surface area contributed by atoms with Gasteiger partial charge in [0.15, 0.2) is 0 Å². The first-order valence-electron chi connectivity index (χ1n) is 7.26. The number of hydrogen-bond acceptors (Lipinski definition) is 0. The summed E-state index contributed by atoms with van der Waals surface area (Å²) in [5, 5.41) is 0. The Kier molecular flexibility index (Phi) is 2.37. The van der Waals surface area contributed by atoms with Crippen LogP contribution in [0.1, 0.15) is 65.2 Å². The largest absolute Gasteiger partial charge is 0.0654 e. The van der Waals surface area contributed by atoms with Gasteiger partial charge in [0.1, 0.15) is 0 Å². The normalized spacial score (nSPS) is 52.4. The van der Waals surface area contributed by atoms with Crippen molar-refractivity contribution in [3.63, 3.8) is 0 Å². The van der Waals surface area contributed by atoms with Crippen LogP contribution in [0.2, 0.25) is 0 Å². The molecule has 0 N–H and O–H groups in total. The third-order valence-electron chi connectivity index (χ3n) is 5.85. The second kappa shape index (κ2) is 3.50. The van der Waals surface area contributed by atoms with Crippen LogP contribution >= 0.6 is 0 Å². The van der Waals surface area contributed by atoms with E-state index in [-0.39, 0.29) is 0 Å². The molecule has 4 bridgehead atoms. The van der Waals surface area contributed by atoms with Crippen LogP contribution in [-0.4, -0.2) is 0 Å². The van der Waals surface area contributed by atoms with Crippen LogP contribution < -0.4 is 0 Å². The van der Waals surface area contributed by atoms with E-state index in [4.69, 9.17) is 0 Å². The molecular weight excluding hydrogens is 180 g/mol. The van der Waals surface area contributed by atoms with Gasteiger partial charge in [0.05, 0.1) is 0 Å². The van der Waals surface area contributed by atoms with Gasteiger partial charge in [-0.3, -0.25) is 0 Å². The molecule has 4 rings (SSSR count). The molecular formula is C15H26. The van der Waals surface area contributed by atoms with Gasteiger partial charge in [-0.2, -0.15) is 0 Å².